The molecule has 1 atom stereocenters. The Morgan fingerprint density at radius 1 is 0.761 bits per heavy atom. The molecule has 4 rings (SSSR count). The maximum absolute atomic E-state index is 13.8. The molecule has 4 amide bonds. The lowest BCUT2D eigenvalue weighted by Crippen LogP contribution is -2.46. The minimum Gasteiger partial charge on any atom is -0.392 e. The van der Waals surface area contributed by atoms with E-state index in [1.54, 1.807) is 21.6 Å². The zero-order valence-corrected chi connectivity index (χ0v) is 26.9. The quantitative estimate of drug-likeness (QED) is 0.277. The second-order valence-electron chi connectivity index (χ2n) is 12.0. The first-order valence-electron chi connectivity index (χ1n) is 16.3. The van der Waals surface area contributed by atoms with E-state index in [1.807, 2.05) is 60.8 Å². The van der Waals surface area contributed by atoms with Crippen LogP contribution in [0.3, 0.4) is 0 Å². The number of unbranched alkanes of at least 4 members (excludes halogenated alkanes) is 1. The molecular weight excluding hydrogens is 584 g/mol. The summed E-state index contributed by atoms with van der Waals surface area (Å²) in [4.78, 5) is 64.2. The predicted molar refractivity (Wildman–Crippen MR) is 177 cm³/mol. The van der Waals surface area contributed by atoms with Crippen molar-refractivity contribution in [2.45, 2.75) is 58.1 Å². The number of carbonyl (C=O) groups excluding carboxylic acids is 4. The molecule has 248 valence electrons. The van der Waals surface area contributed by atoms with Gasteiger partial charge in [-0.25, -0.2) is 0 Å². The van der Waals surface area contributed by atoms with Gasteiger partial charge < -0.3 is 35.4 Å². The van der Waals surface area contributed by atoms with Crippen LogP contribution in [0.5, 0.6) is 0 Å². The SMILES string of the molecule is C[C@@H](O)CN1CCC(=O)N(Cc2ccccc2)CCC(=O)N(CCc2c[nH]c3ccccc23)CC(=O)N(CCCCN)CCC1=O. The summed E-state index contributed by atoms with van der Waals surface area (Å²) in [7, 11) is 0. The summed E-state index contributed by atoms with van der Waals surface area (Å²) >= 11 is 0. The van der Waals surface area contributed by atoms with E-state index < -0.39 is 6.10 Å². The van der Waals surface area contributed by atoms with Gasteiger partial charge in [-0.15, -0.1) is 0 Å². The fourth-order valence-corrected chi connectivity index (χ4v) is 5.86. The number of aromatic nitrogens is 1. The van der Waals surface area contributed by atoms with Gasteiger partial charge in [0.15, 0.2) is 0 Å². The van der Waals surface area contributed by atoms with E-state index in [0.717, 1.165) is 28.5 Å². The Balaban J connectivity index is 1.60. The standard InChI is InChI=1S/C35H48N6O5/c1-27(42)24-39-21-15-33(44)40(25-28-9-3-2-4-10-28)22-16-34(45)41(19-13-29-23-37-31-12-6-5-11-30(29)31)26-35(46)38(18-8-7-17-36)20-14-32(39)43/h2-6,9-12,23,27,37,42H,7-8,13-22,24-26,36H2,1H3/t27-/m1/s1. The molecule has 0 unspecified atom stereocenters. The van der Waals surface area contributed by atoms with Crippen molar-refractivity contribution in [3.8, 4) is 0 Å². The number of carbonyl (C=O) groups is 4. The molecule has 0 radical (unpaired) electrons. The second kappa shape index (κ2) is 17.5. The number of nitrogens with zero attached hydrogens (tertiary/aromatic N) is 4. The lowest BCUT2D eigenvalue weighted by molar-refractivity contribution is -0.142. The average molecular weight is 633 g/mol. The first kappa shape index (κ1) is 34.6. The van der Waals surface area contributed by atoms with E-state index in [9.17, 15) is 24.3 Å². The maximum Gasteiger partial charge on any atom is 0.242 e. The summed E-state index contributed by atoms with van der Waals surface area (Å²) in [5, 5.41) is 11.2. The Kier molecular flexibility index (Phi) is 13.2. The largest absolute Gasteiger partial charge is 0.392 e. The highest BCUT2D eigenvalue weighted by atomic mass is 16.3. The summed E-state index contributed by atoms with van der Waals surface area (Å²) in [6.45, 7) is 3.63. The number of hydrogen-bond acceptors (Lipinski definition) is 6. The predicted octanol–water partition coefficient (Wildman–Crippen LogP) is 2.53. The van der Waals surface area contributed by atoms with Crippen molar-refractivity contribution in [3.05, 3.63) is 71.9 Å². The molecule has 1 fully saturated rings. The van der Waals surface area contributed by atoms with Crippen molar-refractivity contribution < 1.29 is 24.3 Å². The van der Waals surface area contributed by atoms with Crippen LogP contribution < -0.4 is 5.73 Å². The van der Waals surface area contributed by atoms with E-state index in [0.29, 0.717) is 39.0 Å². The molecule has 11 heteroatoms. The minimum absolute atomic E-state index is 0.0479. The third-order valence-corrected chi connectivity index (χ3v) is 8.43. The first-order chi connectivity index (χ1) is 22.2. The van der Waals surface area contributed by atoms with Gasteiger partial charge in [0, 0.05) is 82.2 Å². The monoisotopic (exact) mass is 632 g/mol. The lowest BCUT2D eigenvalue weighted by atomic mass is 10.1. The molecule has 1 aromatic heterocycles. The summed E-state index contributed by atoms with van der Waals surface area (Å²) < 4.78 is 0. The van der Waals surface area contributed by atoms with Crippen LogP contribution in [-0.4, -0.2) is 112 Å². The molecule has 3 aromatic rings. The Morgan fingerprint density at radius 2 is 1.39 bits per heavy atom. The number of para-hydroxylation sites is 1. The number of H-pyrrole nitrogens is 1. The molecule has 0 saturated carbocycles. The number of amides is 4. The smallest absolute Gasteiger partial charge is 0.242 e. The van der Waals surface area contributed by atoms with Gasteiger partial charge in [0.05, 0.1) is 12.6 Å². The lowest BCUT2D eigenvalue weighted by Gasteiger charge is -2.29. The summed E-state index contributed by atoms with van der Waals surface area (Å²) in [6, 6.07) is 17.5. The van der Waals surface area contributed by atoms with Crippen molar-refractivity contribution in [2.24, 2.45) is 5.73 Å². The zero-order chi connectivity index (χ0) is 32.9. The second-order valence-corrected chi connectivity index (χ2v) is 12.0. The van der Waals surface area contributed by atoms with Crippen LogP contribution in [0.2, 0.25) is 0 Å². The third kappa shape index (κ3) is 10.1. The van der Waals surface area contributed by atoms with Crippen LogP contribution >= 0.6 is 0 Å². The Labute approximate surface area is 271 Å². The van der Waals surface area contributed by atoms with E-state index in [4.69, 9.17) is 5.73 Å². The van der Waals surface area contributed by atoms with Crippen LogP contribution in [-0.2, 0) is 32.1 Å². The number of β-amino-alcohol motifs (C(OH)–C–C–N with tert-alkyl or cyclic N) is 1. The Morgan fingerprint density at radius 3 is 2.11 bits per heavy atom. The number of fused-ring (bicyclic) bond motifs is 1. The van der Waals surface area contributed by atoms with Crippen molar-refractivity contribution >= 4 is 34.5 Å². The molecular formula is C35H48N6O5. The molecule has 0 aliphatic carbocycles. The number of nitrogens with one attached hydrogen (secondary N) is 1. The van der Waals surface area contributed by atoms with Gasteiger partial charge in [0.25, 0.3) is 0 Å². The van der Waals surface area contributed by atoms with Crippen LogP contribution in [0.4, 0.5) is 0 Å². The van der Waals surface area contributed by atoms with E-state index >= 15 is 0 Å². The van der Waals surface area contributed by atoms with Gasteiger partial charge in [-0.3, -0.25) is 19.2 Å². The van der Waals surface area contributed by atoms with Crippen molar-refractivity contribution in [1.82, 2.24) is 24.6 Å². The number of nitrogens with two attached hydrogens (primary N) is 1. The summed E-state index contributed by atoms with van der Waals surface area (Å²) in [6.07, 6.45) is 3.30. The minimum atomic E-state index is -0.771. The fraction of sp³-hybridized carbons (Fsp3) is 0.486. The van der Waals surface area contributed by atoms with Crippen molar-refractivity contribution in [3.63, 3.8) is 0 Å². The molecule has 1 aliphatic heterocycles. The molecule has 4 N–H and O–H groups in total. The van der Waals surface area contributed by atoms with Crippen molar-refractivity contribution in [1.29, 1.82) is 0 Å². The van der Waals surface area contributed by atoms with Gasteiger partial charge in [-0.05, 0) is 49.9 Å². The topological polar surface area (TPSA) is 143 Å². The number of aromatic amines is 1. The first-order valence-corrected chi connectivity index (χ1v) is 16.3. The van der Waals surface area contributed by atoms with Gasteiger partial charge in [0.1, 0.15) is 0 Å². The summed E-state index contributed by atoms with van der Waals surface area (Å²) in [5.41, 5.74) is 8.70. The maximum atomic E-state index is 13.8. The van der Waals surface area contributed by atoms with Crippen LogP contribution in [0.1, 0.15) is 50.2 Å². The highest BCUT2D eigenvalue weighted by Gasteiger charge is 2.26. The molecule has 2 heterocycles. The van der Waals surface area contributed by atoms with Gasteiger partial charge >= 0.3 is 0 Å². The van der Waals surface area contributed by atoms with Gasteiger partial charge in [-0.2, -0.15) is 0 Å². The highest BCUT2D eigenvalue weighted by molar-refractivity contribution is 5.87. The molecule has 11 nitrogen and oxygen atoms in total. The molecule has 2 aromatic carbocycles. The van der Waals surface area contributed by atoms with Crippen LogP contribution in [0.25, 0.3) is 10.9 Å². The van der Waals surface area contributed by atoms with E-state index in [1.165, 1.54) is 4.90 Å². The van der Waals surface area contributed by atoms with E-state index in [-0.39, 0.29) is 75.6 Å². The molecule has 46 heavy (non-hydrogen) atoms. The van der Waals surface area contributed by atoms with Crippen LogP contribution in [0, 0.1) is 0 Å². The fourth-order valence-electron chi connectivity index (χ4n) is 5.86. The Bertz CT molecular complexity index is 1440. The van der Waals surface area contributed by atoms with Crippen LogP contribution in [0.15, 0.2) is 60.8 Å². The highest BCUT2D eigenvalue weighted by Crippen LogP contribution is 2.19. The molecule has 0 bridgehead atoms. The molecule has 0 spiro atoms. The number of hydrogen-bond donors (Lipinski definition) is 3. The molecule has 1 saturated heterocycles. The zero-order valence-electron chi connectivity index (χ0n) is 26.9. The number of aliphatic hydroxyl groups is 1. The molecule has 1 aliphatic rings. The number of aliphatic hydroxyl groups excluding tert-OH is 1. The average Bonchev–Trinajstić information content (AvgIpc) is 3.47. The number of rotatable bonds is 11. The third-order valence-electron chi connectivity index (χ3n) is 8.43. The van der Waals surface area contributed by atoms with Crippen molar-refractivity contribution in [2.75, 3.05) is 52.4 Å². The number of benzene rings is 2. The Hall–Kier alpha value is -4.22. The summed E-state index contributed by atoms with van der Waals surface area (Å²) in [5.74, 6) is -0.851. The van der Waals surface area contributed by atoms with E-state index in [2.05, 4.69) is 4.98 Å². The van der Waals surface area contributed by atoms with Gasteiger partial charge in [0.2, 0.25) is 23.6 Å². The van der Waals surface area contributed by atoms with Gasteiger partial charge in [-0.1, -0.05) is 48.5 Å². The normalized spacial score (nSPS) is 17.0.